The Hall–Kier alpha value is -3.80. The predicted octanol–water partition coefficient (Wildman–Crippen LogP) is 5.75. The van der Waals surface area contributed by atoms with Crippen LogP contribution in [0.3, 0.4) is 0 Å². The molecule has 1 heterocycles. The number of amides is 2. The normalized spacial score (nSPS) is 12.3. The zero-order valence-electron chi connectivity index (χ0n) is 20.1. The van der Waals surface area contributed by atoms with Crippen molar-refractivity contribution in [2.75, 3.05) is 16.8 Å². The number of hydrogen-bond acceptors (Lipinski definition) is 4. The number of benzene rings is 3. The molecule has 3 N–H and O–H groups in total. The van der Waals surface area contributed by atoms with Crippen molar-refractivity contribution in [3.63, 3.8) is 0 Å². The van der Waals surface area contributed by atoms with Gasteiger partial charge in [-0.25, -0.2) is 4.79 Å². The van der Waals surface area contributed by atoms with Gasteiger partial charge in [-0.15, -0.1) is 0 Å². The molecule has 3 aromatic carbocycles. The number of aryl methyl sites for hydroxylation is 1. The summed E-state index contributed by atoms with van der Waals surface area (Å²) in [7, 11) is 0. The number of rotatable bonds is 5. The molecule has 0 saturated carbocycles. The van der Waals surface area contributed by atoms with Crippen molar-refractivity contribution in [3.8, 4) is 11.1 Å². The van der Waals surface area contributed by atoms with Crippen molar-refractivity contribution >= 4 is 23.4 Å². The van der Waals surface area contributed by atoms with Gasteiger partial charge in [0.05, 0.1) is 6.10 Å². The maximum absolute atomic E-state index is 11.9. The Morgan fingerprint density at radius 1 is 1.00 bits per heavy atom. The van der Waals surface area contributed by atoms with E-state index in [-0.39, 0.29) is 12.0 Å². The van der Waals surface area contributed by atoms with E-state index in [0.29, 0.717) is 0 Å². The van der Waals surface area contributed by atoms with Crippen molar-refractivity contribution in [2.24, 2.45) is 5.73 Å². The summed E-state index contributed by atoms with van der Waals surface area (Å²) in [6, 6.07) is 25.4. The molecule has 0 saturated heterocycles. The van der Waals surface area contributed by atoms with Crippen LogP contribution in [0.1, 0.15) is 38.3 Å². The number of nitrogens with zero attached hydrogens (tertiary/aromatic N) is 1. The molecular weight excluding hydrogens is 426 g/mol. The van der Waals surface area contributed by atoms with Gasteiger partial charge in [0.2, 0.25) is 5.91 Å². The minimum atomic E-state index is -0.713. The number of nitrogens with two attached hydrogens (primary N) is 1. The van der Waals surface area contributed by atoms with Gasteiger partial charge in [-0.05, 0) is 73.2 Å². The molecule has 34 heavy (non-hydrogen) atoms. The fraction of sp³-hybridized carbons (Fsp3) is 0.286. The average Bonchev–Trinajstić information content (AvgIpc) is 2.82. The molecule has 1 aliphatic rings. The Balaban J connectivity index is 0.000000406. The summed E-state index contributed by atoms with van der Waals surface area (Å²) in [4.78, 5) is 23.6. The molecule has 0 aromatic heterocycles. The third-order valence-corrected chi connectivity index (χ3v) is 5.47. The Morgan fingerprint density at radius 2 is 1.74 bits per heavy atom. The highest BCUT2D eigenvalue weighted by atomic mass is 16.6. The largest absolute Gasteiger partial charge is 0.447 e. The van der Waals surface area contributed by atoms with E-state index in [4.69, 9.17) is 0 Å². The lowest BCUT2D eigenvalue weighted by Gasteiger charge is -2.29. The van der Waals surface area contributed by atoms with Crippen molar-refractivity contribution in [3.05, 3.63) is 83.9 Å². The van der Waals surface area contributed by atoms with Crippen LogP contribution in [0.2, 0.25) is 0 Å². The smallest absolute Gasteiger partial charge is 0.404 e. The number of ether oxygens (including phenoxy) is 1. The second kappa shape index (κ2) is 11.9. The van der Waals surface area contributed by atoms with Crippen molar-refractivity contribution in [2.45, 2.75) is 46.3 Å². The minimum absolute atomic E-state index is 0.0995. The highest BCUT2D eigenvalue weighted by Gasteiger charge is 2.20. The summed E-state index contributed by atoms with van der Waals surface area (Å²) in [6.45, 7) is 6.75. The van der Waals surface area contributed by atoms with Gasteiger partial charge in [0.1, 0.15) is 0 Å². The summed E-state index contributed by atoms with van der Waals surface area (Å²) in [5.41, 5.74) is 11.7. The molecule has 0 unspecified atom stereocenters. The van der Waals surface area contributed by atoms with Crippen LogP contribution < -0.4 is 16.0 Å². The van der Waals surface area contributed by atoms with Gasteiger partial charge in [0.15, 0.2) is 0 Å². The first kappa shape index (κ1) is 24.8. The van der Waals surface area contributed by atoms with Crippen LogP contribution in [0.15, 0.2) is 72.8 Å². The van der Waals surface area contributed by atoms with Crippen LogP contribution in [0.5, 0.6) is 0 Å². The Kier molecular flexibility index (Phi) is 8.68. The molecule has 178 valence electrons. The number of fused-ring (bicyclic) bond motifs is 1. The Bertz CT molecular complexity index is 1110. The van der Waals surface area contributed by atoms with E-state index < -0.39 is 6.09 Å². The van der Waals surface area contributed by atoms with Crippen molar-refractivity contribution in [1.29, 1.82) is 0 Å². The lowest BCUT2D eigenvalue weighted by atomic mass is 9.96. The van der Waals surface area contributed by atoms with Gasteiger partial charge in [0.25, 0.3) is 0 Å². The van der Waals surface area contributed by atoms with Gasteiger partial charge in [0, 0.05) is 31.4 Å². The molecule has 0 spiro atoms. The first-order valence-corrected chi connectivity index (χ1v) is 11.6. The van der Waals surface area contributed by atoms with Crippen LogP contribution in [0, 0.1) is 0 Å². The molecule has 6 heteroatoms. The number of hydrogen-bond donors (Lipinski definition) is 2. The third-order valence-electron chi connectivity index (χ3n) is 5.47. The minimum Gasteiger partial charge on any atom is -0.447 e. The molecule has 6 nitrogen and oxygen atoms in total. The van der Waals surface area contributed by atoms with Crippen molar-refractivity contribution < 1.29 is 14.3 Å². The number of carbonyl (C=O) groups excluding carboxylic acids is 2. The fourth-order valence-corrected chi connectivity index (χ4v) is 3.94. The summed E-state index contributed by atoms with van der Waals surface area (Å²) in [6.07, 6.45) is 1.24. The average molecular weight is 460 g/mol. The summed E-state index contributed by atoms with van der Waals surface area (Å²) < 4.78 is 4.39. The summed E-state index contributed by atoms with van der Waals surface area (Å²) in [5.74, 6) is 0.121. The molecule has 0 aliphatic carbocycles. The highest BCUT2D eigenvalue weighted by molar-refractivity contribution is 5.93. The molecule has 1 aliphatic heterocycles. The van der Waals surface area contributed by atoms with E-state index in [1.165, 1.54) is 22.3 Å². The third kappa shape index (κ3) is 7.10. The zero-order valence-corrected chi connectivity index (χ0v) is 20.1. The topological polar surface area (TPSA) is 84.7 Å². The second-order valence-electron chi connectivity index (χ2n) is 8.52. The number of carbonyl (C=O) groups is 2. The van der Waals surface area contributed by atoms with Gasteiger partial charge in [-0.1, -0.05) is 48.5 Å². The number of primary amides is 1. The quantitative estimate of drug-likeness (QED) is 0.508. The maximum Gasteiger partial charge on any atom is 0.404 e. The van der Waals surface area contributed by atoms with E-state index in [1.807, 2.05) is 11.0 Å². The zero-order chi connectivity index (χ0) is 24.5. The van der Waals surface area contributed by atoms with E-state index in [0.717, 1.165) is 37.3 Å². The van der Waals surface area contributed by atoms with Gasteiger partial charge >= 0.3 is 6.09 Å². The number of anilines is 2. The lowest BCUT2D eigenvalue weighted by molar-refractivity contribution is -0.116. The Labute approximate surface area is 201 Å². The maximum atomic E-state index is 11.9. The standard InChI is InChI=1S/C24H24N2O.C4H9NO2/c1-18(27)26-14-6-10-22-15-21(12-13-24(22)26)20-9-5-11-23(16-20)25-17-19-7-3-2-4-8-19;1-3(2)7-4(5)6/h2-5,7-9,11-13,15-16,25H,6,10,14,17H2,1H3;3H,1-2H3,(H2,5,6). The van der Waals surface area contributed by atoms with Crippen molar-refractivity contribution in [1.82, 2.24) is 0 Å². The number of nitrogens with one attached hydrogen (secondary N) is 1. The van der Waals surface area contributed by atoms with E-state index >= 15 is 0 Å². The molecule has 0 atom stereocenters. The van der Waals surface area contributed by atoms with Gasteiger partial charge in [-0.3, -0.25) is 4.79 Å². The molecule has 4 rings (SSSR count). The monoisotopic (exact) mass is 459 g/mol. The van der Waals surface area contributed by atoms with E-state index in [1.54, 1.807) is 20.8 Å². The van der Waals surface area contributed by atoms with Crippen LogP contribution >= 0.6 is 0 Å². The molecule has 0 bridgehead atoms. The SMILES string of the molecule is CC(=O)N1CCCc2cc(-c3cccc(NCc4ccccc4)c3)ccc21.CC(C)OC(N)=O. The van der Waals surface area contributed by atoms with Crippen LogP contribution in [0.4, 0.5) is 16.2 Å². The molecule has 0 fully saturated rings. The van der Waals surface area contributed by atoms with Crippen LogP contribution in [-0.2, 0) is 22.5 Å². The predicted molar refractivity (Wildman–Crippen MR) is 138 cm³/mol. The van der Waals surface area contributed by atoms with Crippen LogP contribution in [-0.4, -0.2) is 24.6 Å². The Morgan fingerprint density at radius 3 is 2.38 bits per heavy atom. The lowest BCUT2D eigenvalue weighted by Crippen LogP contribution is -2.33. The van der Waals surface area contributed by atoms with Crippen LogP contribution in [0.25, 0.3) is 11.1 Å². The second-order valence-corrected chi connectivity index (χ2v) is 8.52. The summed E-state index contributed by atoms with van der Waals surface area (Å²) in [5, 5.41) is 3.50. The van der Waals surface area contributed by atoms with E-state index in [2.05, 4.69) is 82.5 Å². The highest BCUT2D eigenvalue weighted by Crippen LogP contribution is 2.32. The van der Waals surface area contributed by atoms with Gasteiger partial charge in [-0.2, -0.15) is 0 Å². The summed E-state index contributed by atoms with van der Waals surface area (Å²) >= 11 is 0. The van der Waals surface area contributed by atoms with E-state index in [9.17, 15) is 9.59 Å². The first-order valence-electron chi connectivity index (χ1n) is 11.6. The molecule has 0 radical (unpaired) electrons. The molecular formula is C28H33N3O3. The first-order chi connectivity index (χ1) is 16.3. The van der Waals surface area contributed by atoms with Gasteiger partial charge < -0.3 is 20.7 Å². The molecule has 3 aromatic rings. The molecule has 2 amide bonds. The fourth-order valence-electron chi connectivity index (χ4n) is 3.94.